The summed E-state index contributed by atoms with van der Waals surface area (Å²) >= 11 is 1.55. The number of thioether (sulfide) groups is 1. The van der Waals surface area contributed by atoms with Gasteiger partial charge in [0.1, 0.15) is 17.4 Å². The second-order valence-electron chi connectivity index (χ2n) is 7.59. The van der Waals surface area contributed by atoms with Crippen LogP contribution in [0.1, 0.15) is 24.8 Å². The molecule has 2 heterocycles. The van der Waals surface area contributed by atoms with E-state index in [1.165, 1.54) is 12.1 Å². The average molecular weight is 433 g/mol. The van der Waals surface area contributed by atoms with Crippen molar-refractivity contribution in [1.29, 1.82) is 0 Å². The second kappa shape index (κ2) is 8.55. The molecule has 1 amide bonds. The van der Waals surface area contributed by atoms with Gasteiger partial charge >= 0.3 is 0 Å². The number of rotatable bonds is 5. The van der Waals surface area contributed by atoms with Crippen LogP contribution in [0.15, 0.2) is 82.1 Å². The molecule has 4 nitrogen and oxygen atoms in total. The molecular weight excluding hydrogens is 411 g/mol. The SMILES string of the molecule is O=C(CSc1ccccc1)N1CCC[C@@H]1c1nc2cc(-c3cccc(F)c3)ccc2o1. The number of halogens is 1. The quantitative estimate of drug-likeness (QED) is 0.358. The van der Waals surface area contributed by atoms with E-state index in [4.69, 9.17) is 9.40 Å². The fraction of sp³-hybridized carbons (Fsp3) is 0.200. The first-order chi connectivity index (χ1) is 15.2. The van der Waals surface area contributed by atoms with Gasteiger partial charge < -0.3 is 9.32 Å². The zero-order valence-corrected chi connectivity index (χ0v) is 17.6. The third-order valence-corrected chi connectivity index (χ3v) is 6.52. The van der Waals surface area contributed by atoms with E-state index in [2.05, 4.69) is 0 Å². The van der Waals surface area contributed by atoms with Gasteiger partial charge in [0.15, 0.2) is 5.58 Å². The molecule has 3 aromatic carbocycles. The van der Waals surface area contributed by atoms with Crippen molar-refractivity contribution in [3.05, 3.63) is 84.5 Å². The molecule has 1 fully saturated rings. The third kappa shape index (κ3) is 4.21. The number of likely N-dealkylation sites (tertiary alicyclic amines) is 1. The van der Waals surface area contributed by atoms with E-state index in [9.17, 15) is 9.18 Å². The fourth-order valence-corrected chi connectivity index (χ4v) is 4.81. The topological polar surface area (TPSA) is 46.3 Å². The van der Waals surface area contributed by atoms with Crippen molar-refractivity contribution in [1.82, 2.24) is 9.88 Å². The molecule has 0 unspecified atom stereocenters. The molecule has 1 aliphatic heterocycles. The monoisotopic (exact) mass is 432 g/mol. The number of hydrogen-bond acceptors (Lipinski definition) is 4. The van der Waals surface area contributed by atoms with Gasteiger partial charge in [0.2, 0.25) is 11.8 Å². The van der Waals surface area contributed by atoms with E-state index in [-0.39, 0.29) is 17.8 Å². The van der Waals surface area contributed by atoms with Gasteiger partial charge in [-0.25, -0.2) is 9.37 Å². The highest BCUT2D eigenvalue weighted by Gasteiger charge is 2.33. The summed E-state index contributed by atoms with van der Waals surface area (Å²) in [5.74, 6) is 0.790. The second-order valence-corrected chi connectivity index (χ2v) is 8.64. The van der Waals surface area contributed by atoms with Gasteiger partial charge in [0.05, 0.1) is 5.75 Å². The van der Waals surface area contributed by atoms with Gasteiger partial charge in [-0.15, -0.1) is 11.8 Å². The lowest BCUT2D eigenvalue weighted by Crippen LogP contribution is -2.32. The third-order valence-electron chi connectivity index (χ3n) is 5.53. The summed E-state index contributed by atoms with van der Waals surface area (Å²) < 4.78 is 19.6. The molecule has 4 aromatic rings. The standard InChI is InChI=1S/C25H21FN2O2S/c26-19-7-4-6-17(14-19)18-11-12-23-21(15-18)27-25(30-23)22-10-5-13-28(22)24(29)16-31-20-8-2-1-3-9-20/h1-4,6-9,11-12,14-15,22H,5,10,13,16H2/t22-/m1/s1. The van der Waals surface area contributed by atoms with Crippen molar-refractivity contribution in [3.63, 3.8) is 0 Å². The van der Waals surface area contributed by atoms with Crippen molar-refractivity contribution < 1.29 is 13.6 Å². The van der Waals surface area contributed by atoms with Crippen molar-refractivity contribution >= 4 is 28.8 Å². The minimum absolute atomic E-state index is 0.0964. The van der Waals surface area contributed by atoms with Crippen LogP contribution in [0.2, 0.25) is 0 Å². The van der Waals surface area contributed by atoms with E-state index >= 15 is 0 Å². The van der Waals surface area contributed by atoms with Crippen molar-refractivity contribution in [3.8, 4) is 11.1 Å². The summed E-state index contributed by atoms with van der Waals surface area (Å²) in [7, 11) is 0. The summed E-state index contributed by atoms with van der Waals surface area (Å²) in [4.78, 5) is 20.5. The first kappa shape index (κ1) is 19.8. The Kier molecular flexibility index (Phi) is 5.47. The van der Waals surface area contributed by atoms with Crippen LogP contribution in [0.25, 0.3) is 22.2 Å². The highest BCUT2D eigenvalue weighted by atomic mass is 32.2. The number of carbonyl (C=O) groups is 1. The van der Waals surface area contributed by atoms with Crippen LogP contribution in [0.5, 0.6) is 0 Å². The lowest BCUT2D eigenvalue weighted by atomic mass is 10.1. The molecule has 6 heteroatoms. The maximum absolute atomic E-state index is 13.6. The number of aromatic nitrogens is 1. The molecule has 0 saturated carbocycles. The smallest absolute Gasteiger partial charge is 0.233 e. The van der Waals surface area contributed by atoms with Crippen LogP contribution in [0, 0.1) is 5.82 Å². The van der Waals surface area contributed by atoms with Gasteiger partial charge in [-0.2, -0.15) is 0 Å². The van der Waals surface area contributed by atoms with Gasteiger partial charge in [-0.05, 0) is 60.4 Å². The highest BCUT2D eigenvalue weighted by molar-refractivity contribution is 8.00. The minimum Gasteiger partial charge on any atom is -0.438 e. The summed E-state index contributed by atoms with van der Waals surface area (Å²) in [6, 6.07) is 22.0. The van der Waals surface area contributed by atoms with E-state index in [0.717, 1.165) is 34.4 Å². The molecule has 0 spiro atoms. The Morgan fingerprint density at radius 1 is 1.06 bits per heavy atom. The molecule has 156 valence electrons. The first-order valence-electron chi connectivity index (χ1n) is 10.3. The Morgan fingerprint density at radius 3 is 2.74 bits per heavy atom. The number of fused-ring (bicyclic) bond motifs is 1. The van der Waals surface area contributed by atoms with Crippen LogP contribution >= 0.6 is 11.8 Å². The van der Waals surface area contributed by atoms with Crippen LogP contribution in [0.4, 0.5) is 4.39 Å². The van der Waals surface area contributed by atoms with Gasteiger partial charge in [-0.3, -0.25) is 4.79 Å². The molecule has 31 heavy (non-hydrogen) atoms. The van der Waals surface area contributed by atoms with E-state index in [0.29, 0.717) is 23.8 Å². The Hall–Kier alpha value is -3.12. The predicted molar refractivity (Wildman–Crippen MR) is 120 cm³/mol. The lowest BCUT2D eigenvalue weighted by molar-refractivity contribution is -0.129. The molecule has 1 saturated heterocycles. The average Bonchev–Trinajstić information content (AvgIpc) is 3.44. The predicted octanol–water partition coefficient (Wildman–Crippen LogP) is 6.09. The van der Waals surface area contributed by atoms with Gasteiger partial charge in [-0.1, -0.05) is 36.4 Å². The zero-order chi connectivity index (χ0) is 21.2. The minimum atomic E-state index is -0.271. The molecule has 1 atom stereocenters. The highest BCUT2D eigenvalue weighted by Crippen LogP contribution is 2.35. The number of amides is 1. The Morgan fingerprint density at radius 2 is 1.90 bits per heavy atom. The molecule has 0 bridgehead atoms. The van der Waals surface area contributed by atoms with Crippen molar-refractivity contribution in [2.75, 3.05) is 12.3 Å². The number of carbonyl (C=O) groups excluding carboxylic acids is 1. The molecule has 1 aromatic heterocycles. The van der Waals surface area contributed by atoms with E-state index < -0.39 is 0 Å². The molecule has 1 aliphatic rings. The Balaban J connectivity index is 1.36. The molecule has 0 aliphatic carbocycles. The molecule has 0 radical (unpaired) electrons. The van der Waals surface area contributed by atoms with Crippen LogP contribution in [-0.4, -0.2) is 28.1 Å². The van der Waals surface area contributed by atoms with Crippen LogP contribution in [-0.2, 0) is 4.79 Å². The Labute approximate surface area is 184 Å². The zero-order valence-electron chi connectivity index (χ0n) is 16.8. The van der Waals surface area contributed by atoms with Crippen molar-refractivity contribution in [2.24, 2.45) is 0 Å². The maximum atomic E-state index is 13.6. The number of benzene rings is 3. The Bertz CT molecular complexity index is 1220. The molecule has 5 rings (SSSR count). The molecule has 0 N–H and O–H groups in total. The number of hydrogen-bond donors (Lipinski definition) is 0. The normalized spacial score (nSPS) is 16.2. The summed E-state index contributed by atoms with van der Waals surface area (Å²) in [6.45, 7) is 0.714. The van der Waals surface area contributed by atoms with Gasteiger partial charge in [0.25, 0.3) is 0 Å². The lowest BCUT2D eigenvalue weighted by Gasteiger charge is -2.22. The molecular formula is C25H21FN2O2S. The maximum Gasteiger partial charge on any atom is 0.233 e. The summed E-state index contributed by atoms with van der Waals surface area (Å²) in [6.07, 6.45) is 1.77. The number of oxazole rings is 1. The fourth-order valence-electron chi connectivity index (χ4n) is 4.00. The van der Waals surface area contributed by atoms with Gasteiger partial charge in [0, 0.05) is 11.4 Å². The first-order valence-corrected chi connectivity index (χ1v) is 11.3. The van der Waals surface area contributed by atoms with Crippen LogP contribution in [0.3, 0.4) is 0 Å². The van der Waals surface area contributed by atoms with E-state index in [1.807, 2.05) is 59.5 Å². The van der Waals surface area contributed by atoms with E-state index in [1.54, 1.807) is 17.8 Å². The summed E-state index contributed by atoms with van der Waals surface area (Å²) in [5, 5.41) is 0. The number of nitrogens with zero attached hydrogens (tertiary/aromatic N) is 2. The van der Waals surface area contributed by atoms with Crippen molar-refractivity contribution in [2.45, 2.75) is 23.8 Å². The summed E-state index contributed by atoms with van der Waals surface area (Å²) in [5.41, 5.74) is 3.07. The van der Waals surface area contributed by atoms with Crippen LogP contribution < -0.4 is 0 Å². The largest absolute Gasteiger partial charge is 0.438 e.